The first kappa shape index (κ1) is 13.4. The smallest absolute Gasteiger partial charge is 0.0731 e. The summed E-state index contributed by atoms with van der Waals surface area (Å²) in [5.41, 5.74) is 1.09. The van der Waals surface area contributed by atoms with E-state index >= 15 is 0 Å². The molecule has 0 aromatic carbocycles. The number of rotatable bonds is 6. The molecule has 0 saturated carbocycles. The first-order chi connectivity index (χ1) is 9.85. The Labute approximate surface area is 126 Å². The molecule has 3 heterocycles. The molecule has 3 rings (SSSR count). The minimum absolute atomic E-state index is 0.308. The van der Waals surface area contributed by atoms with Crippen LogP contribution in [0.5, 0.6) is 0 Å². The van der Waals surface area contributed by atoms with Crippen LogP contribution in [-0.2, 0) is 13.0 Å². The van der Waals surface area contributed by atoms with E-state index < -0.39 is 0 Å². The summed E-state index contributed by atoms with van der Waals surface area (Å²) in [6.45, 7) is 3.00. The molecule has 3 aromatic heterocycles. The molecule has 1 N–H and O–H groups in total. The van der Waals surface area contributed by atoms with Gasteiger partial charge in [0.2, 0.25) is 0 Å². The second kappa shape index (κ2) is 6.24. The molecule has 3 nitrogen and oxygen atoms in total. The molecule has 1 unspecified atom stereocenters. The Morgan fingerprint density at radius 1 is 1.25 bits per heavy atom. The molecule has 0 fully saturated rings. The van der Waals surface area contributed by atoms with Crippen LogP contribution in [0.3, 0.4) is 0 Å². The van der Waals surface area contributed by atoms with Crippen LogP contribution in [0, 0.1) is 0 Å². The normalized spacial score (nSPS) is 12.4. The average molecular weight is 303 g/mol. The van der Waals surface area contributed by atoms with Crippen LogP contribution in [0.1, 0.15) is 22.7 Å². The first-order valence-corrected chi connectivity index (χ1v) is 8.46. The molecule has 0 saturated heterocycles. The third-order valence-corrected chi connectivity index (χ3v) is 5.05. The van der Waals surface area contributed by atoms with E-state index in [1.54, 1.807) is 11.3 Å². The molecule has 104 valence electrons. The second-order valence-electron chi connectivity index (χ2n) is 4.58. The van der Waals surface area contributed by atoms with E-state index in [2.05, 4.69) is 58.6 Å². The van der Waals surface area contributed by atoms with Crippen LogP contribution in [0.25, 0.3) is 0 Å². The lowest BCUT2D eigenvalue weighted by atomic mass is 10.1. The van der Waals surface area contributed by atoms with E-state index in [0.717, 1.165) is 18.7 Å². The predicted molar refractivity (Wildman–Crippen MR) is 86.6 cm³/mol. The number of hydrogen-bond donors (Lipinski definition) is 1. The summed E-state index contributed by atoms with van der Waals surface area (Å²) >= 11 is 3.61. The minimum Gasteiger partial charge on any atom is -0.375 e. The maximum atomic E-state index is 4.33. The molecular weight excluding hydrogens is 286 g/mol. The fourth-order valence-corrected chi connectivity index (χ4v) is 3.68. The van der Waals surface area contributed by atoms with Crippen LogP contribution >= 0.6 is 22.7 Å². The molecule has 1 atom stereocenters. The number of anilines is 1. The van der Waals surface area contributed by atoms with E-state index in [0.29, 0.717) is 6.04 Å². The number of aromatic nitrogens is 2. The third kappa shape index (κ3) is 3.11. The molecule has 5 heteroatoms. The molecule has 0 spiro atoms. The topological polar surface area (TPSA) is 29.9 Å². The van der Waals surface area contributed by atoms with Gasteiger partial charge in [0, 0.05) is 28.9 Å². The second-order valence-corrected chi connectivity index (χ2v) is 6.59. The summed E-state index contributed by atoms with van der Waals surface area (Å²) in [5.74, 6) is 0. The highest BCUT2D eigenvalue weighted by atomic mass is 32.1. The molecule has 0 aliphatic rings. The van der Waals surface area contributed by atoms with Crippen molar-refractivity contribution in [2.45, 2.75) is 25.9 Å². The number of aryl methyl sites for hydroxylation is 1. The fraction of sp³-hybridized carbons (Fsp3) is 0.267. The molecule has 0 radical (unpaired) electrons. The van der Waals surface area contributed by atoms with Gasteiger partial charge >= 0.3 is 0 Å². The highest BCUT2D eigenvalue weighted by Crippen LogP contribution is 2.28. The Hall–Kier alpha value is -1.59. The maximum absolute atomic E-state index is 4.33. The third-order valence-electron chi connectivity index (χ3n) is 3.17. The summed E-state index contributed by atoms with van der Waals surface area (Å²) in [4.78, 5) is 2.77. The van der Waals surface area contributed by atoms with Crippen molar-refractivity contribution < 1.29 is 0 Å². The van der Waals surface area contributed by atoms with E-state index in [1.807, 2.05) is 22.2 Å². The largest absolute Gasteiger partial charge is 0.375 e. The van der Waals surface area contributed by atoms with Gasteiger partial charge in [0.05, 0.1) is 17.9 Å². The molecule has 0 aliphatic carbocycles. The lowest BCUT2D eigenvalue weighted by Gasteiger charge is -2.16. The average Bonchev–Trinajstić information content (AvgIpc) is 3.21. The van der Waals surface area contributed by atoms with Crippen molar-refractivity contribution in [3.05, 3.63) is 57.2 Å². The van der Waals surface area contributed by atoms with Gasteiger partial charge in [-0.15, -0.1) is 22.7 Å². The highest BCUT2D eigenvalue weighted by molar-refractivity contribution is 7.10. The number of nitrogens with zero attached hydrogens (tertiary/aromatic N) is 2. The summed E-state index contributed by atoms with van der Waals surface area (Å²) < 4.78 is 1.94. The lowest BCUT2D eigenvalue weighted by Crippen LogP contribution is -2.11. The van der Waals surface area contributed by atoms with Gasteiger partial charge in [0.15, 0.2) is 0 Å². The summed E-state index contributed by atoms with van der Waals surface area (Å²) in [6.07, 6.45) is 4.98. The van der Waals surface area contributed by atoms with Gasteiger partial charge in [-0.2, -0.15) is 5.10 Å². The van der Waals surface area contributed by atoms with E-state index in [4.69, 9.17) is 0 Å². The van der Waals surface area contributed by atoms with E-state index in [1.165, 1.54) is 9.75 Å². The van der Waals surface area contributed by atoms with Gasteiger partial charge in [-0.05, 0) is 29.8 Å². The number of hydrogen-bond acceptors (Lipinski definition) is 4. The molecular formula is C15H17N3S2. The number of thiophene rings is 2. The Morgan fingerprint density at radius 3 is 2.75 bits per heavy atom. The molecule has 3 aromatic rings. The van der Waals surface area contributed by atoms with Crippen molar-refractivity contribution in [2.75, 3.05) is 5.32 Å². The zero-order valence-electron chi connectivity index (χ0n) is 11.3. The van der Waals surface area contributed by atoms with Gasteiger partial charge in [-0.25, -0.2) is 0 Å². The van der Waals surface area contributed by atoms with Crippen molar-refractivity contribution in [3.8, 4) is 0 Å². The van der Waals surface area contributed by atoms with Gasteiger partial charge in [-0.1, -0.05) is 12.1 Å². The van der Waals surface area contributed by atoms with Crippen LogP contribution < -0.4 is 5.32 Å². The monoisotopic (exact) mass is 303 g/mol. The highest BCUT2D eigenvalue weighted by Gasteiger charge is 2.14. The van der Waals surface area contributed by atoms with Crippen molar-refractivity contribution in [3.63, 3.8) is 0 Å². The number of nitrogens with one attached hydrogen (secondary N) is 1. The standard InChI is InChI=1S/C15H17N3S2/c1-2-18-11-12(10-16-18)17-14(15-6-4-8-20-15)9-13-5-3-7-19-13/h3-8,10-11,14,17H,2,9H2,1H3. The van der Waals surface area contributed by atoms with E-state index in [-0.39, 0.29) is 0 Å². The van der Waals surface area contributed by atoms with Crippen LogP contribution in [0.4, 0.5) is 5.69 Å². The van der Waals surface area contributed by atoms with Gasteiger partial charge in [0.25, 0.3) is 0 Å². The Balaban J connectivity index is 1.78. The molecule has 0 aliphatic heterocycles. The SMILES string of the molecule is CCn1cc(NC(Cc2cccs2)c2cccs2)cn1. The van der Waals surface area contributed by atoms with Gasteiger partial charge in [0.1, 0.15) is 0 Å². The van der Waals surface area contributed by atoms with Crippen molar-refractivity contribution >= 4 is 28.4 Å². The van der Waals surface area contributed by atoms with Crippen LogP contribution in [0.2, 0.25) is 0 Å². The van der Waals surface area contributed by atoms with Crippen molar-refractivity contribution in [1.29, 1.82) is 0 Å². The molecule has 20 heavy (non-hydrogen) atoms. The van der Waals surface area contributed by atoms with E-state index in [9.17, 15) is 0 Å². The van der Waals surface area contributed by atoms with Gasteiger partial charge < -0.3 is 5.32 Å². The predicted octanol–water partition coefficient (Wildman–Crippen LogP) is 4.42. The fourth-order valence-electron chi connectivity index (χ4n) is 2.15. The summed E-state index contributed by atoms with van der Waals surface area (Å²) in [6, 6.07) is 8.92. The van der Waals surface area contributed by atoms with Crippen LogP contribution in [0.15, 0.2) is 47.4 Å². The maximum Gasteiger partial charge on any atom is 0.0731 e. The zero-order valence-corrected chi connectivity index (χ0v) is 13.0. The summed E-state index contributed by atoms with van der Waals surface area (Å²) in [5, 5.41) is 12.2. The quantitative estimate of drug-likeness (QED) is 0.730. The lowest BCUT2D eigenvalue weighted by molar-refractivity contribution is 0.660. The molecule has 0 amide bonds. The zero-order chi connectivity index (χ0) is 13.8. The first-order valence-electron chi connectivity index (χ1n) is 6.70. The molecule has 0 bridgehead atoms. The Morgan fingerprint density at radius 2 is 2.10 bits per heavy atom. The van der Waals surface area contributed by atoms with Crippen LogP contribution in [-0.4, -0.2) is 9.78 Å². The minimum atomic E-state index is 0.308. The van der Waals surface area contributed by atoms with Crippen molar-refractivity contribution in [2.24, 2.45) is 0 Å². The Bertz CT molecular complexity index is 626. The van der Waals surface area contributed by atoms with Gasteiger partial charge in [-0.3, -0.25) is 4.68 Å². The van der Waals surface area contributed by atoms with Crippen molar-refractivity contribution in [1.82, 2.24) is 9.78 Å². The summed E-state index contributed by atoms with van der Waals surface area (Å²) in [7, 11) is 0. The Kier molecular flexibility index (Phi) is 4.18.